The highest BCUT2D eigenvalue weighted by atomic mass is 32.1. The first-order chi connectivity index (χ1) is 12.5. The summed E-state index contributed by atoms with van der Waals surface area (Å²) in [5.41, 5.74) is 5.69. The summed E-state index contributed by atoms with van der Waals surface area (Å²) < 4.78 is 1.27. The number of benzene rings is 2. The number of aromatic nitrogens is 1. The topological polar surface area (TPSA) is 36.4 Å². The van der Waals surface area contributed by atoms with Crippen molar-refractivity contribution in [1.82, 2.24) is 4.98 Å². The number of aryl methyl sites for hydroxylation is 2. The number of hydrogen-bond donors (Lipinski definition) is 0. The number of rotatable bonds is 3. The van der Waals surface area contributed by atoms with Crippen molar-refractivity contribution in [2.24, 2.45) is 0 Å². The number of nitrogens with zero attached hydrogens (tertiary/aromatic N) is 3. The van der Waals surface area contributed by atoms with E-state index >= 15 is 0 Å². The molecule has 5 heteroatoms. The number of ketones is 1. The van der Waals surface area contributed by atoms with Gasteiger partial charge in [-0.3, -0.25) is 4.79 Å². The number of hydrogen-bond acceptors (Lipinski definition) is 5. The molecule has 0 unspecified atom stereocenters. The molecule has 0 aliphatic carbocycles. The monoisotopic (exact) mass is 365 g/mol. The molecule has 1 saturated heterocycles. The second-order valence-electron chi connectivity index (χ2n) is 6.93. The van der Waals surface area contributed by atoms with Crippen LogP contribution in [0.15, 0.2) is 36.4 Å². The number of fused-ring (bicyclic) bond motifs is 1. The molecule has 1 aromatic heterocycles. The zero-order valence-corrected chi connectivity index (χ0v) is 16.3. The first-order valence-corrected chi connectivity index (χ1v) is 9.82. The Balaban J connectivity index is 1.48. The number of piperazine rings is 1. The van der Waals surface area contributed by atoms with E-state index in [-0.39, 0.29) is 5.78 Å². The Bertz CT molecular complexity index is 953. The molecule has 134 valence electrons. The molecule has 0 radical (unpaired) electrons. The van der Waals surface area contributed by atoms with E-state index in [4.69, 9.17) is 4.98 Å². The minimum atomic E-state index is 0.114. The lowest BCUT2D eigenvalue weighted by Crippen LogP contribution is -2.46. The maximum Gasteiger partial charge on any atom is 0.186 e. The molecule has 0 spiro atoms. The smallest absolute Gasteiger partial charge is 0.186 e. The fourth-order valence-corrected chi connectivity index (χ4v) is 4.49. The van der Waals surface area contributed by atoms with Gasteiger partial charge >= 0.3 is 0 Å². The normalized spacial score (nSPS) is 14.9. The Morgan fingerprint density at radius 3 is 2.27 bits per heavy atom. The van der Waals surface area contributed by atoms with Crippen molar-refractivity contribution >= 4 is 38.2 Å². The minimum absolute atomic E-state index is 0.114. The molecule has 0 bridgehead atoms. The third kappa shape index (κ3) is 3.07. The summed E-state index contributed by atoms with van der Waals surface area (Å²) in [6, 6.07) is 12.3. The Kier molecular flexibility index (Phi) is 4.41. The van der Waals surface area contributed by atoms with Gasteiger partial charge in [0.1, 0.15) is 0 Å². The number of Topliss-reactive ketones (excluding diaryl/α,β-unsaturated/α-hetero) is 1. The summed E-state index contributed by atoms with van der Waals surface area (Å²) in [6.07, 6.45) is 0. The molecule has 0 amide bonds. The van der Waals surface area contributed by atoms with Gasteiger partial charge in [0.25, 0.3) is 0 Å². The third-order valence-corrected chi connectivity index (χ3v) is 6.34. The van der Waals surface area contributed by atoms with Crippen molar-refractivity contribution in [1.29, 1.82) is 0 Å². The maximum absolute atomic E-state index is 11.4. The van der Waals surface area contributed by atoms with E-state index in [1.165, 1.54) is 21.5 Å². The molecule has 0 atom stereocenters. The van der Waals surface area contributed by atoms with Gasteiger partial charge in [0, 0.05) is 37.4 Å². The van der Waals surface area contributed by atoms with Crippen molar-refractivity contribution in [2.75, 3.05) is 36.0 Å². The van der Waals surface area contributed by atoms with Gasteiger partial charge in [0.05, 0.1) is 10.2 Å². The van der Waals surface area contributed by atoms with Crippen LogP contribution in [0.5, 0.6) is 0 Å². The van der Waals surface area contributed by atoms with Crippen molar-refractivity contribution in [3.05, 3.63) is 53.1 Å². The summed E-state index contributed by atoms with van der Waals surface area (Å²) >= 11 is 1.79. The SMILES string of the molecule is CC(=O)c1ccc(N2CCN(c3nc4c(C)c(C)ccc4s3)CC2)cc1. The quantitative estimate of drug-likeness (QED) is 0.643. The van der Waals surface area contributed by atoms with Gasteiger partial charge in [-0.25, -0.2) is 4.98 Å². The van der Waals surface area contributed by atoms with E-state index < -0.39 is 0 Å². The van der Waals surface area contributed by atoms with Crippen LogP contribution in [0.2, 0.25) is 0 Å². The highest BCUT2D eigenvalue weighted by Crippen LogP contribution is 2.32. The predicted molar refractivity (Wildman–Crippen MR) is 110 cm³/mol. The number of anilines is 2. The molecule has 0 N–H and O–H groups in total. The Labute approximate surface area is 158 Å². The molecule has 2 aromatic carbocycles. The van der Waals surface area contributed by atoms with E-state index in [0.717, 1.165) is 42.4 Å². The van der Waals surface area contributed by atoms with Crippen LogP contribution in [0.25, 0.3) is 10.2 Å². The summed E-state index contributed by atoms with van der Waals surface area (Å²) in [4.78, 5) is 21.1. The van der Waals surface area contributed by atoms with Crippen LogP contribution >= 0.6 is 11.3 Å². The first-order valence-electron chi connectivity index (χ1n) is 9.00. The summed E-state index contributed by atoms with van der Waals surface area (Å²) in [7, 11) is 0. The van der Waals surface area contributed by atoms with Crippen molar-refractivity contribution in [3.63, 3.8) is 0 Å². The van der Waals surface area contributed by atoms with Gasteiger partial charge in [-0.1, -0.05) is 17.4 Å². The highest BCUT2D eigenvalue weighted by Gasteiger charge is 2.20. The number of carbonyl (C=O) groups excluding carboxylic acids is 1. The Hall–Kier alpha value is -2.40. The van der Waals surface area contributed by atoms with Crippen molar-refractivity contribution in [2.45, 2.75) is 20.8 Å². The van der Waals surface area contributed by atoms with Gasteiger partial charge in [-0.2, -0.15) is 0 Å². The summed E-state index contributed by atoms with van der Waals surface area (Å²) in [5, 5.41) is 1.13. The van der Waals surface area contributed by atoms with E-state index in [9.17, 15) is 4.79 Å². The second kappa shape index (κ2) is 6.72. The molecular weight excluding hydrogens is 342 g/mol. The van der Waals surface area contributed by atoms with E-state index in [1.807, 2.05) is 12.1 Å². The van der Waals surface area contributed by atoms with Gasteiger partial charge in [0.2, 0.25) is 0 Å². The third-order valence-electron chi connectivity index (χ3n) is 5.26. The highest BCUT2D eigenvalue weighted by molar-refractivity contribution is 7.22. The fourth-order valence-electron chi connectivity index (χ4n) is 3.41. The first kappa shape index (κ1) is 17.0. The summed E-state index contributed by atoms with van der Waals surface area (Å²) in [5.74, 6) is 0.114. The van der Waals surface area contributed by atoms with Crippen molar-refractivity contribution < 1.29 is 4.79 Å². The fraction of sp³-hybridized carbons (Fsp3) is 0.333. The van der Waals surface area contributed by atoms with Gasteiger partial charge in [-0.05, 0) is 62.2 Å². The lowest BCUT2D eigenvalue weighted by Gasteiger charge is -2.36. The van der Waals surface area contributed by atoms with Crippen LogP contribution in [0.4, 0.5) is 10.8 Å². The van der Waals surface area contributed by atoms with Crippen LogP contribution < -0.4 is 9.80 Å². The number of thiazole rings is 1. The van der Waals surface area contributed by atoms with E-state index in [1.54, 1.807) is 18.3 Å². The van der Waals surface area contributed by atoms with Crippen LogP contribution in [0.3, 0.4) is 0 Å². The Morgan fingerprint density at radius 1 is 0.962 bits per heavy atom. The minimum Gasteiger partial charge on any atom is -0.368 e. The lowest BCUT2D eigenvalue weighted by atomic mass is 10.1. The molecule has 4 nitrogen and oxygen atoms in total. The molecule has 1 aliphatic heterocycles. The van der Waals surface area contributed by atoms with E-state index in [2.05, 4.69) is 47.9 Å². The average molecular weight is 366 g/mol. The largest absolute Gasteiger partial charge is 0.368 e. The molecule has 3 aromatic rings. The zero-order chi connectivity index (χ0) is 18.3. The average Bonchev–Trinajstić information content (AvgIpc) is 3.10. The standard InChI is InChI=1S/C21H23N3OS/c1-14-4-9-19-20(15(14)2)22-21(26-19)24-12-10-23(11-13-24)18-7-5-17(6-8-18)16(3)25/h4-9H,10-13H2,1-3H3. The van der Waals surface area contributed by atoms with Gasteiger partial charge in [0.15, 0.2) is 10.9 Å². The van der Waals surface area contributed by atoms with Gasteiger partial charge in [-0.15, -0.1) is 0 Å². The molecular formula is C21H23N3OS. The predicted octanol–water partition coefficient (Wildman–Crippen LogP) is 4.44. The number of carbonyl (C=O) groups is 1. The lowest BCUT2D eigenvalue weighted by molar-refractivity contribution is 0.101. The molecule has 4 rings (SSSR count). The van der Waals surface area contributed by atoms with Crippen molar-refractivity contribution in [3.8, 4) is 0 Å². The van der Waals surface area contributed by atoms with Crippen LogP contribution in [0, 0.1) is 13.8 Å². The van der Waals surface area contributed by atoms with Crippen LogP contribution in [0.1, 0.15) is 28.4 Å². The molecule has 0 saturated carbocycles. The molecule has 26 heavy (non-hydrogen) atoms. The maximum atomic E-state index is 11.4. The molecule has 1 fully saturated rings. The van der Waals surface area contributed by atoms with Gasteiger partial charge < -0.3 is 9.80 Å². The zero-order valence-electron chi connectivity index (χ0n) is 15.5. The second-order valence-corrected chi connectivity index (χ2v) is 7.94. The Morgan fingerprint density at radius 2 is 1.62 bits per heavy atom. The molecule has 1 aliphatic rings. The van der Waals surface area contributed by atoms with Crippen LogP contribution in [-0.2, 0) is 0 Å². The van der Waals surface area contributed by atoms with E-state index in [0.29, 0.717) is 0 Å². The summed E-state index contributed by atoms with van der Waals surface area (Å²) in [6.45, 7) is 9.77. The van der Waals surface area contributed by atoms with Crippen LogP contribution in [-0.4, -0.2) is 36.9 Å². The molecule has 2 heterocycles.